The minimum atomic E-state index is -1.95. The van der Waals surface area contributed by atoms with E-state index in [-0.39, 0.29) is 0 Å². The summed E-state index contributed by atoms with van der Waals surface area (Å²) >= 11 is 0. The molecule has 8 aromatic rings. The van der Waals surface area contributed by atoms with E-state index in [1.807, 2.05) is 24.3 Å². The molecule has 0 spiro atoms. The van der Waals surface area contributed by atoms with Gasteiger partial charge in [0.1, 0.15) is 8.07 Å². The Labute approximate surface area is 287 Å². The van der Waals surface area contributed by atoms with Crippen LogP contribution in [0.2, 0.25) is 13.1 Å². The van der Waals surface area contributed by atoms with Gasteiger partial charge in [0.15, 0.2) is 17.5 Å². The first-order valence-corrected chi connectivity index (χ1v) is 19.8. The van der Waals surface area contributed by atoms with Crippen LogP contribution < -0.4 is 10.4 Å². The molecule has 0 N–H and O–H groups in total. The lowest BCUT2D eigenvalue weighted by Gasteiger charge is -2.20. The van der Waals surface area contributed by atoms with Gasteiger partial charge in [0, 0.05) is 16.7 Å². The molecule has 0 amide bonds. The molecule has 0 radical (unpaired) electrons. The normalized spacial score (nSPS) is 12.9. The number of benzene rings is 7. The smallest absolute Gasteiger partial charge is 0.164 e. The minimum Gasteiger partial charge on any atom is -0.208 e. The van der Waals surface area contributed by atoms with Gasteiger partial charge in [-0.25, -0.2) is 15.0 Å². The van der Waals surface area contributed by atoms with Crippen molar-refractivity contribution in [2.45, 2.75) is 13.1 Å². The molecule has 1 aliphatic rings. The van der Waals surface area contributed by atoms with Crippen LogP contribution in [0.25, 0.3) is 78.3 Å². The standard InChI is InChI=1S/C45H33N3Si/c1-49(2)40-20-12-11-19-38(40)42-37-18-10-9-17-36(37)39(29-41(42)49)45-47-43(34-15-7-4-8-16-34)46-44(48-45)35-27-25-33(26-28-35)32-23-21-31(22-24-32)30-13-5-3-6-14-30/h3-29H,1-2H3. The van der Waals surface area contributed by atoms with Crippen molar-refractivity contribution >= 4 is 29.2 Å². The highest BCUT2D eigenvalue weighted by atomic mass is 28.3. The lowest BCUT2D eigenvalue weighted by molar-refractivity contribution is 1.08. The maximum Gasteiger partial charge on any atom is 0.164 e. The summed E-state index contributed by atoms with van der Waals surface area (Å²) in [7, 11) is -1.95. The number of rotatable bonds is 5. The predicted octanol–water partition coefficient (Wildman–Crippen LogP) is 10.2. The average Bonchev–Trinajstić information content (AvgIpc) is 3.41. The molecular formula is C45H33N3Si. The first-order valence-electron chi connectivity index (χ1n) is 16.8. The van der Waals surface area contributed by atoms with Crippen LogP contribution in [-0.4, -0.2) is 23.0 Å². The molecule has 0 aliphatic carbocycles. The van der Waals surface area contributed by atoms with Crippen molar-refractivity contribution < 1.29 is 0 Å². The lowest BCUT2D eigenvalue weighted by Crippen LogP contribution is -2.49. The first kappa shape index (κ1) is 29.2. The number of aromatic nitrogens is 3. The van der Waals surface area contributed by atoms with Gasteiger partial charge < -0.3 is 0 Å². The summed E-state index contributed by atoms with van der Waals surface area (Å²) in [4.78, 5) is 15.4. The molecule has 2 heterocycles. The number of hydrogen-bond acceptors (Lipinski definition) is 3. The molecule has 9 rings (SSSR count). The topological polar surface area (TPSA) is 38.7 Å². The van der Waals surface area contributed by atoms with Crippen LogP contribution in [0, 0.1) is 0 Å². The second-order valence-corrected chi connectivity index (χ2v) is 17.6. The van der Waals surface area contributed by atoms with E-state index in [4.69, 9.17) is 15.0 Å². The molecule has 7 aromatic carbocycles. The van der Waals surface area contributed by atoms with Crippen molar-refractivity contribution in [2.75, 3.05) is 0 Å². The molecule has 0 saturated heterocycles. The molecule has 1 aromatic heterocycles. The Balaban J connectivity index is 1.17. The Morgan fingerprint density at radius 2 is 0.776 bits per heavy atom. The summed E-state index contributed by atoms with van der Waals surface area (Å²) in [5, 5.41) is 5.34. The van der Waals surface area contributed by atoms with E-state index in [1.165, 1.54) is 43.6 Å². The predicted molar refractivity (Wildman–Crippen MR) is 207 cm³/mol. The van der Waals surface area contributed by atoms with Gasteiger partial charge in [-0.05, 0) is 54.5 Å². The fraction of sp³-hybridized carbons (Fsp3) is 0.0444. The van der Waals surface area contributed by atoms with Crippen molar-refractivity contribution in [3.05, 3.63) is 164 Å². The van der Waals surface area contributed by atoms with Crippen LogP contribution in [0.3, 0.4) is 0 Å². The van der Waals surface area contributed by atoms with Crippen LogP contribution in [0.1, 0.15) is 0 Å². The van der Waals surface area contributed by atoms with Gasteiger partial charge in [0.2, 0.25) is 0 Å². The number of nitrogens with zero attached hydrogens (tertiary/aromatic N) is 3. The van der Waals surface area contributed by atoms with Gasteiger partial charge in [-0.3, -0.25) is 0 Å². The van der Waals surface area contributed by atoms with E-state index >= 15 is 0 Å². The highest BCUT2D eigenvalue weighted by Crippen LogP contribution is 2.39. The molecule has 49 heavy (non-hydrogen) atoms. The summed E-state index contributed by atoms with van der Waals surface area (Å²) in [6.07, 6.45) is 0. The molecule has 0 atom stereocenters. The van der Waals surface area contributed by atoms with Crippen molar-refractivity contribution in [1.82, 2.24) is 15.0 Å². The van der Waals surface area contributed by atoms with Crippen LogP contribution in [0.15, 0.2) is 164 Å². The Hall–Kier alpha value is -5.97. The number of fused-ring (bicyclic) bond motifs is 5. The van der Waals surface area contributed by atoms with Crippen LogP contribution in [0.5, 0.6) is 0 Å². The third-order valence-corrected chi connectivity index (χ3v) is 13.5. The van der Waals surface area contributed by atoms with Crippen LogP contribution in [-0.2, 0) is 0 Å². The fourth-order valence-electron chi connectivity index (χ4n) is 7.37. The lowest BCUT2D eigenvalue weighted by atomic mass is 9.94. The summed E-state index contributed by atoms with van der Waals surface area (Å²) in [5.41, 5.74) is 10.5. The minimum absolute atomic E-state index is 0.666. The zero-order valence-electron chi connectivity index (χ0n) is 27.4. The van der Waals surface area contributed by atoms with E-state index in [9.17, 15) is 0 Å². The largest absolute Gasteiger partial charge is 0.208 e. The molecule has 232 valence electrons. The van der Waals surface area contributed by atoms with E-state index < -0.39 is 8.07 Å². The summed E-state index contributed by atoms with van der Waals surface area (Å²) in [6.45, 7) is 4.92. The maximum absolute atomic E-state index is 5.21. The van der Waals surface area contributed by atoms with E-state index in [0.29, 0.717) is 17.5 Å². The molecule has 0 saturated carbocycles. The fourth-order valence-corrected chi connectivity index (χ4v) is 10.5. The van der Waals surface area contributed by atoms with E-state index in [2.05, 4.69) is 153 Å². The van der Waals surface area contributed by atoms with Crippen molar-refractivity contribution in [3.8, 4) is 67.5 Å². The zero-order chi connectivity index (χ0) is 33.0. The third kappa shape index (κ3) is 5.00. The highest BCUT2D eigenvalue weighted by Gasteiger charge is 2.39. The second-order valence-electron chi connectivity index (χ2n) is 13.3. The quantitative estimate of drug-likeness (QED) is 0.175. The Bertz CT molecular complexity index is 2490. The Morgan fingerprint density at radius 3 is 1.39 bits per heavy atom. The molecule has 0 fully saturated rings. The summed E-state index contributed by atoms with van der Waals surface area (Å²) < 4.78 is 0. The van der Waals surface area contributed by atoms with Crippen molar-refractivity contribution in [2.24, 2.45) is 0 Å². The average molecular weight is 644 g/mol. The molecule has 0 bridgehead atoms. The Morgan fingerprint density at radius 1 is 0.347 bits per heavy atom. The molecule has 0 unspecified atom stereocenters. The van der Waals surface area contributed by atoms with Gasteiger partial charge in [0.25, 0.3) is 0 Å². The maximum atomic E-state index is 5.21. The van der Waals surface area contributed by atoms with Gasteiger partial charge in [-0.15, -0.1) is 0 Å². The van der Waals surface area contributed by atoms with Crippen LogP contribution >= 0.6 is 0 Å². The SMILES string of the molecule is C[Si]1(C)c2ccccc2-c2c1cc(-c1nc(-c3ccccc3)nc(-c3ccc(-c4ccc(-c5ccccc5)cc4)cc3)n1)c1ccccc21. The summed E-state index contributed by atoms with van der Waals surface area (Å²) in [5.74, 6) is 2.04. The first-order chi connectivity index (χ1) is 24.0. The van der Waals surface area contributed by atoms with Gasteiger partial charge in [0.05, 0.1) is 0 Å². The van der Waals surface area contributed by atoms with Gasteiger partial charge in [-0.2, -0.15) is 0 Å². The second kappa shape index (κ2) is 11.6. The molecular weight excluding hydrogens is 611 g/mol. The molecule has 1 aliphatic heterocycles. The Kier molecular flexibility index (Phi) is 6.92. The van der Waals surface area contributed by atoms with Crippen molar-refractivity contribution in [3.63, 3.8) is 0 Å². The van der Waals surface area contributed by atoms with Gasteiger partial charge in [-0.1, -0.05) is 177 Å². The molecule has 3 nitrogen and oxygen atoms in total. The monoisotopic (exact) mass is 643 g/mol. The zero-order valence-corrected chi connectivity index (χ0v) is 28.4. The van der Waals surface area contributed by atoms with E-state index in [0.717, 1.165) is 27.6 Å². The number of hydrogen-bond donors (Lipinski definition) is 0. The van der Waals surface area contributed by atoms with Crippen molar-refractivity contribution in [1.29, 1.82) is 0 Å². The molecule has 4 heteroatoms. The van der Waals surface area contributed by atoms with Gasteiger partial charge >= 0.3 is 0 Å². The highest BCUT2D eigenvalue weighted by molar-refractivity contribution is 7.04. The van der Waals surface area contributed by atoms with Crippen LogP contribution in [0.4, 0.5) is 0 Å². The summed E-state index contributed by atoms with van der Waals surface area (Å²) in [6, 6.07) is 58.1. The third-order valence-electron chi connectivity index (χ3n) is 9.96. The van der Waals surface area contributed by atoms with E-state index in [1.54, 1.807) is 0 Å².